The number of hydrogen-bond acceptors (Lipinski definition) is 4. The number of benzene rings is 1. The van der Waals surface area contributed by atoms with Crippen LogP contribution >= 0.6 is 0 Å². The maximum Gasteiger partial charge on any atom is 0.442 e. The van der Waals surface area contributed by atoms with E-state index < -0.39 is 15.8 Å². The fourth-order valence-corrected chi connectivity index (χ4v) is 3.30. The monoisotopic (exact) mass is 268 g/mol. The number of amides is 1. The third-order valence-electron chi connectivity index (χ3n) is 2.64. The van der Waals surface area contributed by atoms with Gasteiger partial charge in [0, 0.05) is 24.6 Å². The van der Waals surface area contributed by atoms with Gasteiger partial charge >= 0.3 is 6.09 Å². The summed E-state index contributed by atoms with van der Waals surface area (Å²) in [5.74, 6) is 0.820. The smallest absolute Gasteiger partial charge is 0.442 e. The van der Waals surface area contributed by atoms with Gasteiger partial charge in [-0.1, -0.05) is 30.3 Å². The lowest BCUT2D eigenvalue weighted by molar-refractivity contribution is 0.151. The summed E-state index contributed by atoms with van der Waals surface area (Å²) in [5.41, 5.74) is 0.890. The largest absolute Gasteiger partial charge is 0.443 e. The van der Waals surface area contributed by atoms with Crippen LogP contribution in [0.2, 0.25) is 0 Å². The van der Waals surface area contributed by atoms with Gasteiger partial charge in [-0.05, 0) is 5.56 Å². The Morgan fingerprint density at radius 1 is 1.28 bits per heavy atom. The number of carbonyl (C=O) groups is 1. The van der Waals surface area contributed by atoms with Gasteiger partial charge in [0.25, 0.3) is 0 Å². The maximum absolute atomic E-state index is 12.1. The minimum Gasteiger partial charge on any atom is -0.443 e. The Bertz CT molecular complexity index is 509. The van der Waals surface area contributed by atoms with E-state index in [9.17, 15) is 9.00 Å². The normalized spacial score (nSPS) is 18.0. The predicted molar refractivity (Wildman–Crippen MR) is 69.8 cm³/mol. The van der Waals surface area contributed by atoms with Crippen LogP contribution in [0.15, 0.2) is 34.7 Å². The van der Waals surface area contributed by atoms with E-state index in [2.05, 4.69) is 9.68 Å². The summed E-state index contributed by atoms with van der Waals surface area (Å²) in [7, 11) is -2.41. The summed E-state index contributed by atoms with van der Waals surface area (Å²) in [6.45, 7) is 1.43. The fourth-order valence-electron chi connectivity index (χ4n) is 1.66. The highest BCUT2D eigenvalue weighted by molar-refractivity contribution is 7.93. The molecule has 0 unspecified atom stereocenters. The van der Waals surface area contributed by atoms with Crippen molar-refractivity contribution in [3.05, 3.63) is 35.9 Å². The van der Waals surface area contributed by atoms with Gasteiger partial charge in [-0.15, -0.1) is 4.36 Å². The zero-order valence-electron chi connectivity index (χ0n) is 10.0. The van der Waals surface area contributed by atoms with Gasteiger partial charge in [-0.3, -0.25) is 0 Å². The molecular weight excluding hydrogens is 252 g/mol. The third kappa shape index (κ3) is 3.82. The Balaban J connectivity index is 1.92. The zero-order valence-corrected chi connectivity index (χ0v) is 10.8. The number of carbonyl (C=O) groups excluding carboxylic acids is 1. The SMILES string of the molecule is O=C(N=S1(=O)CCNCC1)OCc1ccccc1. The maximum atomic E-state index is 12.1. The molecule has 1 saturated heterocycles. The first-order chi connectivity index (χ1) is 8.68. The molecule has 1 heterocycles. The van der Waals surface area contributed by atoms with Crippen LogP contribution < -0.4 is 5.32 Å². The van der Waals surface area contributed by atoms with Crippen molar-refractivity contribution < 1.29 is 13.7 Å². The molecule has 0 radical (unpaired) electrons. The van der Waals surface area contributed by atoms with E-state index in [-0.39, 0.29) is 6.61 Å². The van der Waals surface area contributed by atoms with Crippen LogP contribution in [-0.4, -0.2) is 34.9 Å². The quantitative estimate of drug-likeness (QED) is 0.880. The Kier molecular flexibility index (Phi) is 4.33. The predicted octanol–water partition coefficient (Wildman–Crippen LogP) is 1.39. The zero-order chi connectivity index (χ0) is 12.8. The minimum absolute atomic E-state index is 0.164. The van der Waals surface area contributed by atoms with Crippen LogP contribution in [0, 0.1) is 0 Å². The van der Waals surface area contributed by atoms with E-state index in [4.69, 9.17) is 4.74 Å². The molecule has 0 aliphatic carbocycles. The topological polar surface area (TPSA) is 67.8 Å². The van der Waals surface area contributed by atoms with Gasteiger partial charge in [0.1, 0.15) is 6.61 Å². The van der Waals surface area contributed by atoms with Crippen LogP contribution in [0.25, 0.3) is 0 Å². The molecule has 1 aliphatic heterocycles. The molecule has 1 aliphatic rings. The number of nitrogens with zero attached hydrogens (tertiary/aromatic N) is 1. The highest BCUT2D eigenvalue weighted by atomic mass is 32.2. The first-order valence-corrected chi connectivity index (χ1v) is 7.67. The molecule has 1 amide bonds. The van der Waals surface area contributed by atoms with Crippen molar-refractivity contribution in [3.63, 3.8) is 0 Å². The van der Waals surface area contributed by atoms with Crippen LogP contribution in [0.1, 0.15) is 5.56 Å². The van der Waals surface area contributed by atoms with Crippen molar-refractivity contribution in [2.75, 3.05) is 24.6 Å². The highest BCUT2D eigenvalue weighted by Crippen LogP contribution is 2.05. The van der Waals surface area contributed by atoms with Gasteiger partial charge in [-0.2, -0.15) is 0 Å². The third-order valence-corrected chi connectivity index (χ3v) is 4.81. The van der Waals surface area contributed by atoms with Crippen molar-refractivity contribution >= 4 is 15.8 Å². The molecule has 0 atom stereocenters. The molecule has 0 saturated carbocycles. The highest BCUT2D eigenvalue weighted by Gasteiger charge is 2.16. The Morgan fingerprint density at radius 2 is 1.94 bits per heavy atom. The van der Waals surface area contributed by atoms with Crippen LogP contribution in [0.4, 0.5) is 4.79 Å². The lowest BCUT2D eigenvalue weighted by Gasteiger charge is -2.15. The molecule has 5 nitrogen and oxygen atoms in total. The molecule has 2 rings (SSSR count). The Labute approximate surface area is 107 Å². The van der Waals surface area contributed by atoms with Crippen molar-refractivity contribution in [3.8, 4) is 0 Å². The molecule has 6 heteroatoms. The average Bonchev–Trinajstić information content (AvgIpc) is 2.38. The van der Waals surface area contributed by atoms with E-state index in [0.29, 0.717) is 24.6 Å². The van der Waals surface area contributed by atoms with Gasteiger partial charge in [0.05, 0.1) is 9.73 Å². The Hall–Kier alpha value is -1.40. The van der Waals surface area contributed by atoms with E-state index in [0.717, 1.165) is 5.56 Å². The van der Waals surface area contributed by atoms with E-state index in [1.54, 1.807) is 0 Å². The molecule has 18 heavy (non-hydrogen) atoms. The summed E-state index contributed by atoms with van der Waals surface area (Å²) < 4.78 is 20.8. The first-order valence-electron chi connectivity index (χ1n) is 5.82. The molecule has 0 aromatic heterocycles. The van der Waals surface area contributed by atoms with Crippen LogP contribution in [0.5, 0.6) is 0 Å². The van der Waals surface area contributed by atoms with Crippen molar-refractivity contribution in [2.45, 2.75) is 6.61 Å². The van der Waals surface area contributed by atoms with E-state index in [1.165, 1.54) is 0 Å². The summed E-state index contributed by atoms with van der Waals surface area (Å²) in [6.07, 6.45) is -0.731. The van der Waals surface area contributed by atoms with Gasteiger partial charge in [0.15, 0.2) is 0 Å². The molecular formula is C12H16N2O3S. The first kappa shape index (κ1) is 13.0. The number of ether oxygens (including phenoxy) is 1. The molecule has 1 fully saturated rings. The second-order valence-electron chi connectivity index (χ2n) is 4.06. The average molecular weight is 268 g/mol. The van der Waals surface area contributed by atoms with Crippen LogP contribution in [-0.2, 0) is 21.1 Å². The number of rotatable bonds is 2. The fraction of sp³-hybridized carbons (Fsp3) is 0.417. The second kappa shape index (κ2) is 5.97. The minimum atomic E-state index is -2.41. The molecule has 1 aromatic rings. The van der Waals surface area contributed by atoms with Crippen LogP contribution in [0.3, 0.4) is 0 Å². The summed E-state index contributed by atoms with van der Waals surface area (Å²) in [5, 5.41) is 3.08. The molecule has 0 spiro atoms. The second-order valence-corrected chi connectivity index (χ2v) is 6.61. The van der Waals surface area contributed by atoms with E-state index in [1.807, 2.05) is 30.3 Å². The summed E-state index contributed by atoms with van der Waals surface area (Å²) in [6, 6.07) is 9.34. The number of nitrogens with one attached hydrogen (secondary N) is 1. The summed E-state index contributed by atoms with van der Waals surface area (Å²) >= 11 is 0. The Morgan fingerprint density at radius 3 is 2.61 bits per heavy atom. The molecule has 1 N–H and O–H groups in total. The van der Waals surface area contributed by atoms with Gasteiger partial charge in [-0.25, -0.2) is 9.00 Å². The lowest BCUT2D eigenvalue weighted by atomic mass is 10.2. The molecule has 1 aromatic carbocycles. The lowest BCUT2D eigenvalue weighted by Crippen LogP contribution is -2.36. The van der Waals surface area contributed by atoms with Crippen molar-refractivity contribution in [1.29, 1.82) is 0 Å². The number of hydrogen-bond donors (Lipinski definition) is 1. The van der Waals surface area contributed by atoms with Crippen molar-refractivity contribution in [2.24, 2.45) is 4.36 Å². The van der Waals surface area contributed by atoms with E-state index >= 15 is 0 Å². The van der Waals surface area contributed by atoms with Gasteiger partial charge < -0.3 is 10.1 Å². The molecule has 98 valence electrons. The standard InChI is InChI=1S/C12H16N2O3S/c15-12(14-18(16)8-6-13-7-9-18)17-10-11-4-2-1-3-5-11/h1-5,13H,6-10H2. The summed E-state index contributed by atoms with van der Waals surface area (Å²) in [4.78, 5) is 11.5. The van der Waals surface area contributed by atoms with Gasteiger partial charge in [0.2, 0.25) is 0 Å². The van der Waals surface area contributed by atoms with Crippen molar-refractivity contribution in [1.82, 2.24) is 5.32 Å². The molecule has 0 bridgehead atoms.